The van der Waals surface area contributed by atoms with Crippen LogP contribution in [0, 0.1) is 0 Å². The Balaban J connectivity index is 1.97. The molecule has 1 aromatic heterocycles. The fraction of sp³-hybridized carbons (Fsp3) is 0.333. The number of aliphatic hydroxyl groups is 1. The number of aromatic nitrogens is 2. The van der Waals surface area contributed by atoms with E-state index >= 15 is 0 Å². The molecule has 0 radical (unpaired) electrons. The molecule has 1 aliphatic rings. The average Bonchev–Trinajstić information content (AvgIpc) is 2.82. The fourth-order valence-corrected chi connectivity index (χ4v) is 2.59. The normalized spacial score (nSPS) is 14.6. The third-order valence-electron chi connectivity index (χ3n) is 3.69. The van der Waals surface area contributed by atoms with E-state index in [0.717, 1.165) is 29.9 Å². The first-order valence-electron chi connectivity index (χ1n) is 6.48. The maximum Gasteiger partial charge on any atom is 0.158 e. The summed E-state index contributed by atoms with van der Waals surface area (Å²) < 4.78 is 2.07. The van der Waals surface area contributed by atoms with Gasteiger partial charge < -0.3 is 9.67 Å². The van der Waals surface area contributed by atoms with Gasteiger partial charge in [0.2, 0.25) is 0 Å². The van der Waals surface area contributed by atoms with Crippen molar-refractivity contribution in [2.75, 3.05) is 0 Å². The molecule has 0 spiro atoms. The van der Waals surface area contributed by atoms with Crippen LogP contribution in [-0.4, -0.2) is 26.5 Å². The summed E-state index contributed by atoms with van der Waals surface area (Å²) in [4.78, 5) is 15.5. The zero-order valence-electron chi connectivity index (χ0n) is 10.8. The van der Waals surface area contributed by atoms with E-state index in [2.05, 4.69) is 21.7 Å². The van der Waals surface area contributed by atoms with Gasteiger partial charge in [0, 0.05) is 17.8 Å². The van der Waals surface area contributed by atoms with Crippen LogP contribution in [-0.2, 0) is 24.1 Å². The standard InChI is InChI=1S/C15H16N2O2/c1-10(18)15(19)8-12-14-7-6-11-4-2-3-5-13(11)17(14)9-16-12/h2-5,9,15,19H,6-8H2,1H3. The van der Waals surface area contributed by atoms with Crippen LogP contribution in [0.15, 0.2) is 30.6 Å². The van der Waals surface area contributed by atoms with Crippen molar-refractivity contribution in [3.05, 3.63) is 47.5 Å². The third kappa shape index (κ3) is 2.08. The van der Waals surface area contributed by atoms with Crippen molar-refractivity contribution < 1.29 is 9.90 Å². The highest BCUT2D eigenvalue weighted by Crippen LogP contribution is 2.26. The van der Waals surface area contributed by atoms with Gasteiger partial charge in [-0.2, -0.15) is 0 Å². The molecule has 1 unspecified atom stereocenters. The van der Waals surface area contributed by atoms with Crippen LogP contribution in [0.3, 0.4) is 0 Å². The number of rotatable bonds is 3. The number of imidazole rings is 1. The van der Waals surface area contributed by atoms with Crippen molar-refractivity contribution in [2.45, 2.75) is 32.3 Å². The van der Waals surface area contributed by atoms with Crippen LogP contribution in [0.25, 0.3) is 5.69 Å². The number of Topliss-reactive ketones (excluding diaryl/α,β-unsaturated/α-hetero) is 1. The van der Waals surface area contributed by atoms with E-state index in [1.807, 2.05) is 12.1 Å². The Morgan fingerprint density at radius 3 is 3.00 bits per heavy atom. The number of para-hydroxylation sites is 1. The van der Waals surface area contributed by atoms with Crippen molar-refractivity contribution in [3.8, 4) is 5.69 Å². The fourth-order valence-electron chi connectivity index (χ4n) is 2.59. The van der Waals surface area contributed by atoms with Crippen molar-refractivity contribution in [3.63, 3.8) is 0 Å². The Labute approximate surface area is 111 Å². The molecular formula is C15H16N2O2. The quantitative estimate of drug-likeness (QED) is 0.904. The summed E-state index contributed by atoms with van der Waals surface area (Å²) in [5.41, 5.74) is 4.40. The largest absolute Gasteiger partial charge is 0.385 e. The highest BCUT2D eigenvalue weighted by Gasteiger charge is 2.22. The van der Waals surface area contributed by atoms with Gasteiger partial charge in [0.05, 0.1) is 12.0 Å². The molecule has 0 saturated carbocycles. The Morgan fingerprint density at radius 1 is 1.42 bits per heavy atom. The molecule has 0 amide bonds. The second-order valence-corrected chi connectivity index (χ2v) is 4.97. The molecule has 0 aliphatic carbocycles. The van der Waals surface area contributed by atoms with Crippen LogP contribution >= 0.6 is 0 Å². The van der Waals surface area contributed by atoms with Crippen molar-refractivity contribution >= 4 is 5.78 Å². The molecule has 4 nitrogen and oxygen atoms in total. The average molecular weight is 256 g/mol. The number of aliphatic hydroxyl groups excluding tert-OH is 1. The molecule has 1 atom stereocenters. The number of hydrogen-bond donors (Lipinski definition) is 1. The first-order chi connectivity index (χ1) is 9.16. The van der Waals surface area contributed by atoms with Crippen LogP contribution in [0.2, 0.25) is 0 Å². The molecule has 2 heterocycles. The van der Waals surface area contributed by atoms with E-state index in [-0.39, 0.29) is 5.78 Å². The number of aryl methyl sites for hydroxylation is 1. The monoisotopic (exact) mass is 256 g/mol. The first-order valence-corrected chi connectivity index (χ1v) is 6.48. The lowest BCUT2D eigenvalue weighted by Gasteiger charge is -2.19. The number of fused-ring (bicyclic) bond motifs is 3. The molecule has 19 heavy (non-hydrogen) atoms. The molecule has 1 aliphatic heterocycles. The lowest BCUT2D eigenvalue weighted by Crippen LogP contribution is -2.21. The van der Waals surface area contributed by atoms with E-state index in [1.165, 1.54) is 12.5 Å². The first kappa shape index (κ1) is 12.1. The van der Waals surface area contributed by atoms with E-state index in [4.69, 9.17) is 0 Å². The minimum Gasteiger partial charge on any atom is -0.385 e. The number of hydrogen-bond acceptors (Lipinski definition) is 3. The minimum atomic E-state index is -0.947. The highest BCUT2D eigenvalue weighted by molar-refractivity contribution is 5.80. The predicted octanol–water partition coefficient (Wildman–Crippen LogP) is 1.46. The smallest absolute Gasteiger partial charge is 0.158 e. The van der Waals surface area contributed by atoms with Crippen LogP contribution < -0.4 is 0 Å². The van der Waals surface area contributed by atoms with E-state index in [0.29, 0.717) is 6.42 Å². The molecule has 98 valence electrons. The maximum atomic E-state index is 11.2. The lowest BCUT2D eigenvalue weighted by molar-refractivity contribution is -0.124. The van der Waals surface area contributed by atoms with Gasteiger partial charge in [0.15, 0.2) is 5.78 Å². The molecule has 2 aromatic rings. The van der Waals surface area contributed by atoms with Crippen molar-refractivity contribution in [1.29, 1.82) is 0 Å². The van der Waals surface area contributed by atoms with Crippen LogP contribution in [0.1, 0.15) is 23.9 Å². The highest BCUT2D eigenvalue weighted by atomic mass is 16.3. The SMILES string of the molecule is CC(=O)C(O)Cc1ncn2c1CCc1ccccc1-2. The Bertz CT molecular complexity index is 631. The zero-order chi connectivity index (χ0) is 13.4. The maximum absolute atomic E-state index is 11.2. The minimum absolute atomic E-state index is 0.210. The zero-order valence-corrected chi connectivity index (χ0v) is 10.8. The Morgan fingerprint density at radius 2 is 2.21 bits per heavy atom. The number of nitrogens with zero attached hydrogens (tertiary/aromatic N) is 2. The summed E-state index contributed by atoms with van der Waals surface area (Å²) in [5, 5.41) is 9.70. The molecule has 0 saturated heterocycles. The van der Waals surface area contributed by atoms with Crippen molar-refractivity contribution in [2.24, 2.45) is 0 Å². The van der Waals surface area contributed by atoms with Gasteiger partial charge in [-0.1, -0.05) is 18.2 Å². The topological polar surface area (TPSA) is 55.1 Å². The van der Waals surface area contributed by atoms with Gasteiger partial charge in [-0.25, -0.2) is 4.98 Å². The lowest BCUT2D eigenvalue weighted by atomic mass is 9.99. The van der Waals surface area contributed by atoms with Gasteiger partial charge in [-0.05, 0) is 31.4 Å². The molecule has 0 bridgehead atoms. The van der Waals surface area contributed by atoms with E-state index < -0.39 is 6.10 Å². The number of benzene rings is 1. The van der Waals surface area contributed by atoms with Gasteiger partial charge in [0.1, 0.15) is 6.10 Å². The molecule has 0 fully saturated rings. The summed E-state index contributed by atoms with van der Waals surface area (Å²) in [6.45, 7) is 1.41. The summed E-state index contributed by atoms with van der Waals surface area (Å²) in [6.07, 6.45) is 3.02. The van der Waals surface area contributed by atoms with Gasteiger partial charge >= 0.3 is 0 Å². The summed E-state index contributed by atoms with van der Waals surface area (Å²) in [6, 6.07) is 8.26. The second-order valence-electron chi connectivity index (χ2n) is 4.97. The van der Waals surface area contributed by atoms with Crippen LogP contribution in [0.4, 0.5) is 0 Å². The van der Waals surface area contributed by atoms with Crippen molar-refractivity contribution in [1.82, 2.24) is 9.55 Å². The second kappa shape index (κ2) is 4.63. The summed E-state index contributed by atoms with van der Waals surface area (Å²) in [7, 11) is 0. The van der Waals surface area contributed by atoms with E-state index in [1.54, 1.807) is 6.33 Å². The van der Waals surface area contributed by atoms with Gasteiger partial charge in [-0.3, -0.25) is 4.79 Å². The Hall–Kier alpha value is -1.94. The summed E-state index contributed by atoms with van der Waals surface area (Å²) >= 11 is 0. The molecular weight excluding hydrogens is 240 g/mol. The predicted molar refractivity (Wildman–Crippen MR) is 71.4 cm³/mol. The Kier molecular flexibility index (Phi) is 2.95. The van der Waals surface area contributed by atoms with E-state index in [9.17, 15) is 9.90 Å². The number of carbonyl (C=O) groups is 1. The van der Waals surface area contributed by atoms with Gasteiger partial charge in [0.25, 0.3) is 0 Å². The van der Waals surface area contributed by atoms with Crippen LogP contribution in [0.5, 0.6) is 0 Å². The molecule has 4 heteroatoms. The molecule has 1 aromatic carbocycles. The number of ketones is 1. The van der Waals surface area contributed by atoms with Gasteiger partial charge in [-0.15, -0.1) is 0 Å². The molecule has 3 rings (SSSR count). The third-order valence-corrected chi connectivity index (χ3v) is 3.69. The summed E-state index contributed by atoms with van der Waals surface area (Å²) in [5.74, 6) is -0.210. The molecule has 1 N–H and O–H groups in total. The number of carbonyl (C=O) groups excluding carboxylic acids is 1.